The van der Waals surface area contributed by atoms with Crippen LogP contribution in [0.2, 0.25) is 0 Å². The van der Waals surface area contributed by atoms with Crippen LogP contribution in [0.1, 0.15) is 29.9 Å². The smallest absolute Gasteiger partial charge is 0.277 e. The second kappa shape index (κ2) is 7.08. The molecule has 0 radical (unpaired) electrons. The summed E-state index contributed by atoms with van der Waals surface area (Å²) in [6.07, 6.45) is 2.75. The second-order valence-corrected chi connectivity index (χ2v) is 7.18. The fourth-order valence-corrected chi connectivity index (χ4v) is 4.02. The van der Waals surface area contributed by atoms with Crippen LogP contribution in [0, 0.1) is 0 Å². The highest BCUT2D eigenvalue weighted by Gasteiger charge is 2.31. The van der Waals surface area contributed by atoms with Crippen molar-refractivity contribution >= 4 is 17.3 Å². The molecule has 0 bridgehead atoms. The van der Waals surface area contributed by atoms with Gasteiger partial charge in [0.1, 0.15) is 5.69 Å². The number of hydrogen-bond donors (Lipinski definition) is 0. The Morgan fingerprint density at radius 1 is 1.12 bits per heavy atom. The topological polar surface area (TPSA) is 39.7 Å². The van der Waals surface area contributed by atoms with Gasteiger partial charge in [-0.1, -0.05) is 25.1 Å². The molecule has 0 spiro atoms. The van der Waals surface area contributed by atoms with Gasteiger partial charge in [-0.05, 0) is 43.7 Å². The van der Waals surface area contributed by atoms with E-state index >= 15 is 0 Å². The minimum absolute atomic E-state index is 0.00944. The normalized spacial score (nSPS) is 20.3. The predicted octanol–water partition coefficient (Wildman–Crippen LogP) is 2.81. The minimum atomic E-state index is -0.00944. The Kier molecular flexibility index (Phi) is 4.64. The lowest BCUT2D eigenvalue weighted by molar-refractivity contribution is 0.0976. The number of hydrogen-bond acceptors (Lipinski definition) is 4. The third-order valence-electron chi connectivity index (χ3n) is 5.58. The fraction of sp³-hybridized carbons (Fsp3) is 0.429. The molecule has 26 heavy (non-hydrogen) atoms. The molecule has 1 aromatic heterocycles. The number of carbonyl (C=O) groups is 1. The van der Waals surface area contributed by atoms with Crippen molar-refractivity contribution in [2.24, 2.45) is 0 Å². The first-order valence-electron chi connectivity index (χ1n) is 9.52. The molecule has 1 amide bonds. The van der Waals surface area contributed by atoms with Crippen molar-refractivity contribution in [2.45, 2.75) is 26.3 Å². The van der Waals surface area contributed by atoms with Crippen molar-refractivity contribution in [2.75, 3.05) is 42.5 Å². The maximum absolute atomic E-state index is 13.0. The van der Waals surface area contributed by atoms with Crippen molar-refractivity contribution < 1.29 is 4.79 Å². The van der Waals surface area contributed by atoms with Crippen LogP contribution in [0.25, 0.3) is 0 Å². The van der Waals surface area contributed by atoms with E-state index in [0.717, 1.165) is 50.5 Å². The summed E-state index contributed by atoms with van der Waals surface area (Å²) in [5, 5.41) is 0. The van der Waals surface area contributed by atoms with E-state index in [1.54, 1.807) is 0 Å². The lowest BCUT2D eigenvalue weighted by Gasteiger charge is -2.35. The van der Waals surface area contributed by atoms with Gasteiger partial charge in [0.15, 0.2) is 0 Å². The van der Waals surface area contributed by atoms with Gasteiger partial charge >= 0.3 is 0 Å². The van der Waals surface area contributed by atoms with Crippen LogP contribution in [0.4, 0.5) is 11.4 Å². The number of likely N-dealkylation sites (N-methyl/N-ethyl adjacent to an activating group) is 1. The summed E-state index contributed by atoms with van der Waals surface area (Å²) in [5.41, 5.74) is 3.88. The first kappa shape index (κ1) is 17.0. The average Bonchev–Trinajstić information content (AvgIpc) is 3.03. The number of carbonyl (C=O) groups excluding carboxylic acids is 1. The van der Waals surface area contributed by atoms with E-state index in [1.165, 1.54) is 5.56 Å². The van der Waals surface area contributed by atoms with E-state index in [2.05, 4.69) is 34.7 Å². The number of benzene rings is 1. The van der Waals surface area contributed by atoms with Crippen LogP contribution in [-0.2, 0) is 6.42 Å². The number of para-hydroxylation sites is 1. The van der Waals surface area contributed by atoms with Gasteiger partial charge < -0.3 is 14.7 Å². The molecule has 2 aromatic rings. The van der Waals surface area contributed by atoms with E-state index in [0.29, 0.717) is 5.69 Å². The van der Waals surface area contributed by atoms with Gasteiger partial charge in [0, 0.05) is 37.9 Å². The molecule has 0 saturated carbocycles. The zero-order valence-electron chi connectivity index (χ0n) is 15.6. The predicted molar refractivity (Wildman–Crippen MR) is 105 cm³/mol. The molecule has 136 valence electrons. The monoisotopic (exact) mass is 350 g/mol. The number of amides is 1. The Bertz CT molecular complexity index is 781. The van der Waals surface area contributed by atoms with Gasteiger partial charge in [0.2, 0.25) is 0 Å². The standard InChI is InChI=1S/C21H26N4O/c1-3-23-10-12-24(13-11-23)18-8-9-19(22-15-18)21(26)25-16(2)14-17-6-4-5-7-20(17)25/h4-9,15-16H,3,10-14H2,1-2H3. The van der Waals surface area contributed by atoms with E-state index < -0.39 is 0 Å². The molecule has 5 nitrogen and oxygen atoms in total. The minimum Gasteiger partial charge on any atom is -0.368 e. The first-order valence-corrected chi connectivity index (χ1v) is 9.52. The van der Waals surface area contributed by atoms with Crippen molar-refractivity contribution in [1.82, 2.24) is 9.88 Å². The summed E-state index contributed by atoms with van der Waals surface area (Å²) in [7, 11) is 0. The molecule has 1 aromatic carbocycles. The number of piperazine rings is 1. The average molecular weight is 350 g/mol. The summed E-state index contributed by atoms with van der Waals surface area (Å²) >= 11 is 0. The summed E-state index contributed by atoms with van der Waals surface area (Å²) in [4.78, 5) is 24.2. The molecule has 4 rings (SSSR count). The molecule has 2 aliphatic heterocycles. The maximum Gasteiger partial charge on any atom is 0.277 e. The third kappa shape index (κ3) is 3.07. The van der Waals surface area contributed by atoms with Crippen LogP contribution in [0.3, 0.4) is 0 Å². The van der Waals surface area contributed by atoms with Crippen LogP contribution < -0.4 is 9.80 Å². The maximum atomic E-state index is 13.0. The summed E-state index contributed by atoms with van der Waals surface area (Å²) < 4.78 is 0. The first-order chi connectivity index (χ1) is 12.7. The van der Waals surface area contributed by atoms with Crippen LogP contribution in [-0.4, -0.2) is 54.6 Å². The van der Waals surface area contributed by atoms with E-state index in [1.807, 2.05) is 41.4 Å². The van der Waals surface area contributed by atoms with Crippen molar-refractivity contribution in [3.8, 4) is 0 Å². The largest absolute Gasteiger partial charge is 0.368 e. The van der Waals surface area contributed by atoms with Crippen LogP contribution >= 0.6 is 0 Å². The Balaban J connectivity index is 1.50. The molecule has 5 heteroatoms. The van der Waals surface area contributed by atoms with E-state index in [9.17, 15) is 4.79 Å². The van der Waals surface area contributed by atoms with Gasteiger partial charge in [-0.2, -0.15) is 0 Å². The van der Waals surface area contributed by atoms with Crippen LogP contribution in [0.5, 0.6) is 0 Å². The van der Waals surface area contributed by atoms with Crippen molar-refractivity contribution in [3.05, 3.63) is 53.9 Å². The molecule has 1 fully saturated rings. The Morgan fingerprint density at radius 2 is 1.88 bits per heavy atom. The summed E-state index contributed by atoms with van der Waals surface area (Å²) in [6.45, 7) is 9.60. The molecule has 2 aliphatic rings. The van der Waals surface area contributed by atoms with Crippen molar-refractivity contribution in [3.63, 3.8) is 0 Å². The molecule has 0 N–H and O–H groups in total. The number of fused-ring (bicyclic) bond motifs is 1. The van der Waals surface area contributed by atoms with E-state index in [-0.39, 0.29) is 11.9 Å². The molecule has 1 atom stereocenters. The lowest BCUT2D eigenvalue weighted by atomic mass is 10.1. The quantitative estimate of drug-likeness (QED) is 0.853. The van der Waals surface area contributed by atoms with Gasteiger partial charge in [-0.25, -0.2) is 4.98 Å². The Morgan fingerprint density at radius 3 is 2.58 bits per heavy atom. The molecule has 1 saturated heterocycles. The summed E-state index contributed by atoms with van der Waals surface area (Å²) in [5.74, 6) is -0.00944. The molecule has 3 heterocycles. The Labute approximate surface area is 155 Å². The highest BCUT2D eigenvalue weighted by Crippen LogP contribution is 2.32. The summed E-state index contributed by atoms with van der Waals surface area (Å²) in [6, 6.07) is 12.2. The number of aromatic nitrogens is 1. The molecular weight excluding hydrogens is 324 g/mol. The highest BCUT2D eigenvalue weighted by molar-refractivity contribution is 6.06. The number of anilines is 2. The zero-order valence-corrected chi connectivity index (χ0v) is 15.6. The lowest BCUT2D eigenvalue weighted by Crippen LogP contribution is -2.46. The zero-order chi connectivity index (χ0) is 18.1. The van der Waals surface area contributed by atoms with Gasteiger partial charge in [-0.3, -0.25) is 4.79 Å². The molecule has 0 aliphatic carbocycles. The fourth-order valence-electron chi connectivity index (χ4n) is 4.02. The van der Waals surface area contributed by atoms with Gasteiger partial charge in [-0.15, -0.1) is 0 Å². The molecule has 1 unspecified atom stereocenters. The number of pyridine rings is 1. The van der Waals surface area contributed by atoms with E-state index in [4.69, 9.17) is 0 Å². The number of nitrogens with zero attached hydrogens (tertiary/aromatic N) is 4. The second-order valence-electron chi connectivity index (χ2n) is 7.18. The van der Waals surface area contributed by atoms with Gasteiger partial charge in [0.05, 0.1) is 11.9 Å². The van der Waals surface area contributed by atoms with Crippen LogP contribution in [0.15, 0.2) is 42.6 Å². The highest BCUT2D eigenvalue weighted by atomic mass is 16.2. The van der Waals surface area contributed by atoms with Crippen molar-refractivity contribution in [1.29, 1.82) is 0 Å². The number of rotatable bonds is 3. The SMILES string of the molecule is CCN1CCN(c2ccc(C(=O)N3c4ccccc4CC3C)nc2)CC1. The molecular formula is C21H26N4O. The third-order valence-corrected chi connectivity index (χ3v) is 5.58. The van der Waals surface area contributed by atoms with Gasteiger partial charge in [0.25, 0.3) is 5.91 Å². The Hall–Kier alpha value is -2.40.